The maximum atomic E-state index is 9.75. The van der Waals surface area contributed by atoms with Crippen molar-refractivity contribution in [1.29, 1.82) is 0 Å². The predicted octanol–water partition coefficient (Wildman–Crippen LogP) is 4.28. The molecule has 0 amide bonds. The number of carbonyl (C=O) groups is 3. The van der Waals surface area contributed by atoms with Crippen LogP contribution in [0.2, 0.25) is 0 Å². The molecule has 3 aromatic carbocycles. The molecule has 3 rings (SSSR count). The van der Waals surface area contributed by atoms with E-state index in [1.54, 1.807) is 12.2 Å². The fourth-order valence-corrected chi connectivity index (χ4v) is 4.73. The summed E-state index contributed by atoms with van der Waals surface area (Å²) in [5.41, 5.74) is 0. The van der Waals surface area contributed by atoms with Crippen LogP contribution < -0.4 is 15.9 Å². The smallest absolute Gasteiger partial charge is 0.328 e. The van der Waals surface area contributed by atoms with Crippen LogP contribution in [0.3, 0.4) is 0 Å². The zero-order valence-corrected chi connectivity index (χ0v) is 19.9. The Morgan fingerprint density at radius 1 is 0.688 bits per heavy atom. The van der Waals surface area contributed by atoms with Gasteiger partial charge in [0.05, 0.1) is 0 Å². The van der Waals surface area contributed by atoms with Gasteiger partial charge in [-0.2, -0.15) is 0 Å². The summed E-state index contributed by atoms with van der Waals surface area (Å²) in [5, 5.41) is 12.2. The van der Waals surface area contributed by atoms with Crippen LogP contribution in [0.15, 0.2) is 115 Å². The van der Waals surface area contributed by atoms with Crippen LogP contribution in [-0.4, -0.2) is 24.7 Å². The molecule has 0 heterocycles. The Morgan fingerprint density at radius 2 is 1.00 bits per heavy atom. The van der Waals surface area contributed by atoms with Gasteiger partial charge in [0.1, 0.15) is 13.6 Å². The number of allylic oxidation sites excluding steroid dienone is 3. The molecule has 1 N–H and O–H groups in total. The number of rotatable bonds is 5. The van der Waals surface area contributed by atoms with Crippen LogP contribution in [0.25, 0.3) is 0 Å². The molecular formula is C26H27FeO4P. The van der Waals surface area contributed by atoms with Gasteiger partial charge in [-0.05, 0) is 30.8 Å². The Balaban J connectivity index is 0. The van der Waals surface area contributed by atoms with Crippen molar-refractivity contribution in [3.05, 3.63) is 115 Å². The van der Waals surface area contributed by atoms with Crippen molar-refractivity contribution in [2.75, 3.05) is 0 Å². The Bertz CT molecular complexity index is 805. The Labute approximate surface area is 201 Å². The van der Waals surface area contributed by atoms with Crippen LogP contribution in [0.5, 0.6) is 0 Å². The van der Waals surface area contributed by atoms with Gasteiger partial charge in [0.25, 0.3) is 0 Å². The maximum Gasteiger partial charge on any atom is 0.328 e. The van der Waals surface area contributed by atoms with Gasteiger partial charge in [-0.3, -0.25) is 0 Å². The average molecular weight is 490 g/mol. The van der Waals surface area contributed by atoms with Gasteiger partial charge in [-0.15, -0.1) is 0 Å². The number of carbonyl (C=O) groups excluding carboxylic acids is 2. The first-order valence-electron chi connectivity index (χ1n) is 9.27. The number of carboxylic acid groups (broad SMARTS) is 1. The molecule has 0 radical (unpaired) electrons. The zero-order valence-electron chi connectivity index (χ0n) is 17.9. The minimum Gasteiger partial charge on any atom is -0.478 e. The van der Waals surface area contributed by atoms with Gasteiger partial charge in [0.2, 0.25) is 0 Å². The average Bonchev–Trinajstić information content (AvgIpc) is 2.84. The van der Waals surface area contributed by atoms with Crippen LogP contribution in [-0.2, 0) is 31.5 Å². The molecule has 0 atom stereocenters. The van der Waals surface area contributed by atoms with Crippen molar-refractivity contribution in [3.63, 3.8) is 0 Å². The van der Waals surface area contributed by atoms with E-state index in [4.69, 9.17) is 14.7 Å². The van der Waals surface area contributed by atoms with Crippen LogP contribution in [0, 0.1) is 0 Å². The second-order valence-electron chi connectivity index (χ2n) is 5.57. The predicted molar refractivity (Wildman–Crippen MR) is 131 cm³/mol. The number of benzene rings is 3. The number of hydrogen-bond donors (Lipinski definition) is 1. The molecule has 0 saturated carbocycles. The first-order valence-corrected chi connectivity index (χ1v) is 10.6. The fourth-order valence-electron chi connectivity index (χ4n) is 2.43. The zero-order chi connectivity index (χ0) is 23.3. The van der Waals surface area contributed by atoms with Crippen molar-refractivity contribution in [2.24, 2.45) is 0 Å². The molecule has 0 fully saturated rings. The first-order chi connectivity index (χ1) is 15.2. The molecular weight excluding hydrogens is 463 g/mol. The summed E-state index contributed by atoms with van der Waals surface area (Å²) in [6.45, 7) is 5.83. The molecule has 0 aliphatic rings. The van der Waals surface area contributed by atoms with E-state index >= 15 is 0 Å². The minimum atomic E-state index is -0.914. The molecule has 0 spiro atoms. The van der Waals surface area contributed by atoms with Crippen LogP contribution in [0.1, 0.15) is 6.92 Å². The molecule has 0 aliphatic heterocycles. The Kier molecular flexibility index (Phi) is 20.5. The van der Waals surface area contributed by atoms with E-state index in [1.165, 1.54) is 22.0 Å². The molecule has 168 valence electrons. The van der Waals surface area contributed by atoms with E-state index in [2.05, 4.69) is 91.0 Å². The molecule has 0 aromatic heterocycles. The SMILES string of the molecule is C=O.C=O.CC=CC=CC(=O)O.[Fe].c1ccc(P(c2ccccc2)c2ccccc2)cc1. The van der Waals surface area contributed by atoms with Gasteiger partial charge < -0.3 is 14.7 Å². The summed E-state index contributed by atoms with van der Waals surface area (Å²) in [6, 6.07) is 32.3. The number of hydrogen-bond acceptors (Lipinski definition) is 3. The Morgan fingerprint density at radius 3 is 1.25 bits per heavy atom. The molecule has 0 saturated heterocycles. The summed E-state index contributed by atoms with van der Waals surface area (Å²) >= 11 is 0. The summed E-state index contributed by atoms with van der Waals surface area (Å²) < 4.78 is 0. The largest absolute Gasteiger partial charge is 0.478 e. The summed E-state index contributed by atoms with van der Waals surface area (Å²) in [4.78, 5) is 25.8. The minimum absolute atomic E-state index is 0. The van der Waals surface area contributed by atoms with Crippen molar-refractivity contribution in [2.45, 2.75) is 6.92 Å². The van der Waals surface area contributed by atoms with E-state index in [0.29, 0.717) is 0 Å². The second-order valence-corrected chi connectivity index (χ2v) is 7.79. The topological polar surface area (TPSA) is 71.4 Å². The molecule has 0 aliphatic carbocycles. The molecule has 6 heteroatoms. The van der Waals surface area contributed by atoms with Gasteiger partial charge in [-0.1, -0.05) is 109 Å². The summed E-state index contributed by atoms with van der Waals surface area (Å²) in [6.07, 6.45) is 5.98. The summed E-state index contributed by atoms with van der Waals surface area (Å²) in [7, 11) is -0.446. The van der Waals surface area contributed by atoms with Crippen LogP contribution >= 0.6 is 7.92 Å². The molecule has 0 bridgehead atoms. The fraction of sp³-hybridized carbons (Fsp3) is 0.0385. The normalized spacial score (nSPS) is 9.31. The van der Waals surface area contributed by atoms with Crippen LogP contribution in [0.4, 0.5) is 0 Å². The third-order valence-electron chi connectivity index (χ3n) is 3.59. The van der Waals surface area contributed by atoms with E-state index in [-0.39, 0.29) is 17.1 Å². The van der Waals surface area contributed by atoms with E-state index in [9.17, 15) is 4.79 Å². The van der Waals surface area contributed by atoms with Crippen molar-refractivity contribution in [3.8, 4) is 0 Å². The van der Waals surface area contributed by atoms with Gasteiger partial charge in [-0.25, -0.2) is 4.79 Å². The standard InChI is InChI=1S/C18H15P.C6H8O2.2CH2O.Fe/c1-4-10-16(11-5-1)19(17-12-6-2-7-13-17)18-14-8-3-9-15-18;1-2-3-4-5-6(7)8;2*1-2;/h1-15H;2-5H,1H3,(H,7,8);2*1H2;. The number of aliphatic carboxylic acids is 1. The molecule has 3 aromatic rings. The molecule has 32 heavy (non-hydrogen) atoms. The third kappa shape index (κ3) is 12.6. The van der Waals surface area contributed by atoms with Crippen molar-refractivity contribution >= 4 is 43.4 Å². The van der Waals surface area contributed by atoms with Gasteiger partial charge in [0, 0.05) is 23.1 Å². The van der Waals surface area contributed by atoms with Crippen molar-refractivity contribution in [1.82, 2.24) is 0 Å². The number of carboxylic acids is 1. The van der Waals surface area contributed by atoms with E-state index < -0.39 is 13.9 Å². The Hall–Kier alpha value is -3.10. The monoisotopic (exact) mass is 490 g/mol. The first kappa shape index (κ1) is 31.1. The van der Waals surface area contributed by atoms with Gasteiger partial charge in [0.15, 0.2) is 0 Å². The summed E-state index contributed by atoms with van der Waals surface area (Å²) in [5.74, 6) is -0.914. The molecule has 0 unspecified atom stereocenters. The maximum absolute atomic E-state index is 9.75. The van der Waals surface area contributed by atoms with Crippen molar-refractivity contribution < 1.29 is 36.6 Å². The molecule has 4 nitrogen and oxygen atoms in total. The van der Waals surface area contributed by atoms with Gasteiger partial charge >= 0.3 is 5.97 Å². The van der Waals surface area contributed by atoms with E-state index in [0.717, 1.165) is 6.08 Å². The van der Waals surface area contributed by atoms with E-state index in [1.807, 2.05) is 20.5 Å². The quantitative estimate of drug-likeness (QED) is 0.251. The second kappa shape index (κ2) is 21.1. The third-order valence-corrected chi connectivity index (χ3v) is 6.03.